The molecule has 0 amide bonds. The third-order valence-corrected chi connectivity index (χ3v) is 4.46. The van der Waals surface area contributed by atoms with Crippen molar-refractivity contribution >= 4 is 22.4 Å². The number of nitrogens with two attached hydrogens (primary N) is 1. The summed E-state index contributed by atoms with van der Waals surface area (Å²) in [7, 11) is -2.07. The monoisotopic (exact) mass is 307 g/mol. The van der Waals surface area contributed by atoms with Crippen molar-refractivity contribution in [3.8, 4) is 5.88 Å². The molecule has 0 aliphatic heterocycles. The summed E-state index contributed by atoms with van der Waals surface area (Å²) in [6, 6.07) is 2.80. The fraction of sp³-hybridized carbons (Fsp3) is 0.545. The summed E-state index contributed by atoms with van der Waals surface area (Å²) in [5, 5.41) is 0. The highest BCUT2D eigenvalue weighted by molar-refractivity contribution is 7.89. The molecule has 0 radical (unpaired) electrons. The number of ether oxygens (including phenoxy) is 1. The number of halogens is 1. The van der Waals surface area contributed by atoms with Gasteiger partial charge in [-0.15, -0.1) is 12.4 Å². The molecule has 1 fully saturated rings. The van der Waals surface area contributed by atoms with Crippen LogP contribution in [-0.4, -0.2) is 33.1 Å². The molecule has 0 spiro atoms. The lowest BCUT2D eigenvalue weighted by Crippen LogP contribution is -2.41. The van der Waals surface area contributed by atoms with E-state index in [-0.39, 0.29) is 23.3 Å². The van der Waals surface area contributed by atoms with Gasteiger partial charge in [0.25, 0.3) is 0 Å². The van der Waals surface area contributed by atoms with E-state index in [1.54, 1.807) is 0 Å². The van der Waals surface area contributed by atoms with Crippen LogP contribution in [-0.2, 0) is 10.0 Å². The van der Waals surface area contributed by atoms with Gasteiger partial charge >= 0.3 is 0 Å². The van der Waals surface area contributed by atoms with Crippen LogP contribution in [0.2, 0.25) is 0 Å². The van der Waals surface area contributed by atoms with Crippen LogP contribution >= 0.6 is 12.4 Å². The van der Waals surface area contributed by atoms with Crippen molar-refractivity contribution < 1.29 is 13.2 Å². The molecular weight excluding hydrogens is 290 g/mol. The normalized spacial score (nSPS) is 16.5. The molecule has 1 aromatic rings. The largest absolute Gasteiger partial charge is 0.481 e. The first kappa shape index (κ1) is 16.2. The maximum atomic E-state index is 12.1. The van der Waals surface area contributed by atoms with Crippen molar-refractivity contribution in [3.05, 3.63) is 18.3 Å². The molecular formula is C11H18ClN3O3S. The van der Waals surface area contributed by atoms with Crippen LogP contribution < -0.4 is 15.2 Å². The highest BCUT2D eigenvalue weighted by Gasteiger charge is 2.33. The first-order chi connectivity index (χ1) is 8.56. The summed E-state index contributed by atoms with van der Waals surface area (Å²) in [6.45, 7) is 0.313. The van der Waals surface area contributed by atoms with Crippen LogP contribution in [0.3, 0.4) is 0 Å². The summed E-state index contributed by atoms with van der Waals surface area (Å²) in [6.07, 6.45) is 3.35. The van der Waals surface area contributed by atoms with E-state index >= 15 is 0 Å². The van der Waals surface area contributed by atoms with E-state index in [2.05, 4.69) is 9.71 Å². The molecule has 0 aromatic carbocycles. The standard InChI is InChI=1S/C11H17N3O3S.ClH/c1-17-11-5-4-9(7-13-11)18(15,16)14-10(6-12)8-2-3-8;/h4-5,7-8,10,14H,2-3,6,12H2,1H3;1H. The summed E-state index contributed by atoms with van der Waals surface area (Å²) >= 11 is 0. The molecule has 1 aromatic heterocycles. The Bertz CT molecular complexity index is 502. The maximum absolute atomic E-state index is 12.1. The SMILES string of the molecule is COc1ccc(S(=O)(=O)NC(CN)C2CC2)cn1.Cl. The number of sulfonamides is 1. The minimum Gasteiger partial charge on any atom is -0.481 e. The zero-order valence-corrected chi connectivity index (χ0v) is 12.2. The third-order valence-electron chi connectivity index (χ3n) is 2.98. The average molecular weight is 308 g/mol. The molecule has 0 bridgehead atoms. The average Bonchev–Trinajstić information content (AvgIpc) is 3.20. The maximum Gasteiger partial charge on any atom is 0.242 e. The van der Waals surface area contributed by atoms with Gasteiger partial charge in [-0.05, 0) is 24.8 Å². The van der Waals surface area contributed by atoms with Crippen molar-refractivity contribution in [2.45, 2.75) is 23.8 Å². The molecule has 1 unspecified atom stereocenters. The lowest BCUT2D eigenvalue weighted by Gasteiger charge is -2.16. The van der Waals surface area contributed by atoms with Crippen LogP contribution in [0.5, 0.6) is 5.88 Å². The number of rotatable bonds is 6. The number of pyridine rings is 1. The molecule has 1 aliphatic rings. The highest BCUT2D eigenvalue weighted by Crippen LogP contribution is 2.32. The van der Waals surface area contributed by atoms with E-state index in [1.807, 2.05) is 0 Å². The second-order valence-corrected chi connectivity index (χ2v) is 6.05. The molecule has 6 nitrogen and oxygen atoms in total. The predicted molar refractivity (Wildman–Crippen MR) is 73.9 cm³/mol. The molecule has 108 valence electrons. The molecule has 0 saturated heterocycles. The smallest absolute Gasteiger partial charge is 0.242 e. The number of aromatic nitrogens is 1. The Balaban J connectivity index is 0.00000180. The number of hydrogen-bond donors (Lipinski definition) is 2. The van der Waals surface area contributed by atoms with Gasteiger partial charge in [0, 0.05) is 18.7 Å². The summed E-state index contributed by atoms with van der Waals surface area (Å²) in [5.41, 5.74) is 5.58. The van der Waals surface area contributed by atoms with Crippen LogP contribution in [0.25, 0.3) is 0 Å². The summed E-state index contributed by atoms with van der Waals surface area (Å²) < 4.78 is 31.7. The first-order valence-electron chi connectivity index (χ1n) is 5.79. The number of hydrogen-bond acceptors (Lipinski definition) is 5. The van der Waals surface area contributed by atoms with Crippen molar-refractivity contribution in [1.82, 2.24) is 9.71 Å². The van der Waals surface area contributed by atoms with Gasteiger partial charge in [0.1, 0.15) is 4.90 Å². The minimum absolute atomic E-state index is 0. The molecule has 1 saturated carbocycles. The zero-order valence-electron chi connectivity index (χ0n) is 10.6. The van der Waals surface area contributed by atoms with Gasteiger partial charge in [-0.1, -0.05) is 0 Å². The number of nitrogens with one attached hydrogen (secondary N) is 1. The van der Waals surface area contributed by atoms with Crippen LogP contribution in [0.1, 0.15) is 12.8 Å². The van der Waals surface area contributed by atoms with Crippen molar-refractivity contribution in [3.63, 3.8) is 0 Å². The highest BCUT2D eigenvalue weighted by atomic mass is 35.5. The van der Waals surface area contributed by atoms with Gasteiger partial charge in [0.2, 0.25) is 15.9 Å². The van der Waals surface area contributed by atoms with E-state index in [4.69, 9.17) is 10.5 Å². The summed E-state index contributed by atoms with van der Waals surface area (Å²) in [5.74, 6) is 0.752. The van der Waals surface area contributed by atoms with E-state index in [9.17, 15) is 8.42 Å². The third kappa shape index (κ3) is 4.04. The van der Waals surface area contributed by atoms with E-state index in [0.29, 0.717) is 18.3 Å². The zero-order chi connectivity index (χ0) is 13.2. The van der Waals surface area contributed by atoms with E-state index < -0.39 is 10.0 Å². The quantitative estimate of drug-likeness (QED) is 0.799. The van der Waals surface area contributed by atoms with Gasteiger partial charge in [0.05, 0.1) is 13.3 Å². The molecule has 1 aliphatic carbocycles. The molecule has 2 rings (SSSR count). The van der Waals surface area contributed by atoms with Crippen molar-refractivity contribution in [1.29, 1.82) is 0 Å². The Kier molecular flexibility index (Phi) is 5.54. The van der Waals surface area contributed by atoms with Gasteiger partial charge in [-0.25, -0.2) is 18.1 Å². The topological polar surface area (TPSA) is 94.3 Å². The minimum atomic E-state index is -3.55. The summed E-state index contributed by atoms with van der Waals surface area (Å²) in [4.78, 5) is 4.01. The van der Waals surface area contributed by atoms with Gasteiger partial charge < -0.3 is 10.5 Å². The first-order valence-corrected chi connectivity index (χ1v) is 7.27. The molecule has 1 heterocycles. The Labute approximate surface area is 119 Å². The Hall–Kier alpha value is -0.890. The van der Waals surface area contributed by atoms with Crippen LogP contribution in [0.4, 0.5) is 0 Å². The fourth-order valence-electron chi connectivity index (χ4n) is 1.75. The lowest BCUT2D eigenvalue weighted by atomic mass is 10.2. The van der Waals surface area contributed by atoms with Gasteiger partial charge in [0.15, 0.2) is 0 Å². The van der Waals surface area contributed by atoms with Crippen LogP contribution in [0.15, 0.2) is 23.2 Å². The van der Waals surface area contributed by atoms with Gasteiger partial charge in [-0.2, -0.15) is 0 Å². The second-order valence-electron chi connectivity index (χ2n) is 4.34. The van der Waals surface area contributed by atoms with E-state index in [1.165, 1.54) is 25.4 Å². The second kappa shape index (κ2) is 6.51. The molecule has 8 heteroatoms. The molecule has 1 atom stereocenters. The molecule has 3 N–H and O–H groups in total. The van der Waals surface area contributed by atoms with Crippen molar-refractivity contribution in [2.24, 2.45) is 11.7 Å². The Morgan fingerprint density at radius 2 is 2.21 bits per heavy atom. The predicted octanol–water partition coefficient (Wildman–Crippen LogP) is 0.528. The molecule has 19 heavy (non-hydrogen) atoms. The van der Waals surface area contributed by atoms with Crippen LogP contribution in [0, 0.1) is 5.92 Å². The Morgan fingerprint density at radius 3 is 2.63 bits per heavy atom. The van der Waals surface area contributed by atoms with E-state index in [0.717, 1.165) is 12.8 Å². The fourth-order valence-corrected chi connectivity index (χ4v) is 3.01. The lowest BCUT2D eigenvalue weighted by molar-refractivity contribution is 0.397. The number of nitrogens with zero attached hydrogens (tertiary/aromatic N) is 1. The number of methoxy groups -OCH3 is 1. The van der Waals surface area contributed by atoms with Gasteiger partial charge in [-0.3, -0.25) is 0 Å². The van der Waals surface area contributed by atoms with Crippen molar-refractivity contribution in [2.75, 3.05) is 13.7 Å². The Morgan fingerprint density at radius 1 is 1.53 bits per heavy atom.